The van der Waals surface area contributed by atoms with Crippen molar-refractivity contribution in [3.05, 3.63) is 59.7 Å². The van der Waals surface area contributed by atoms with Gasteiger partial charge in [-0.2, -0.15) is 0 Å². The summed E-state index contributed by atoms with van der Waals surface area (Å²) in [7, 11) is 2.32. The number of anilines is 2. The van der Waals surface area contributed by atoms with Crippen LogP contribution in [0.2, 0.25) is 0 Å². The lowest BCUT2D eigenvalue weighted by molar-refractivity contribution is -0.922. The van der Waals surface area contributed by atoms with Crippen molar-refractivity contribution in [3.8, 4) is 0 Å². The van der Waals surface area contributed by atoms with Crippen molar-refractivity contribution in [2.75, 3.05) is 11.9 Å². The molecule has 2 amide bonds. The zero-order valence-corrected chi connectivity index (χ0v) is 15.9. The molecular weight excluding hydrogens is 334 g/mol. The third-order valence-corrected chi connectivity index (χ3v) is 6.95. The highest BCUT2D eigenvalue weighted by molar-refractivity contribution is 6.01. The van der Waals surface area contributed by atoms with Crippen molar-refractivity contribution < 1.29 is 9.69 Å². The van der Waals surface area contributed by atoms with E-state index in [0.717, 1.165) is 37.1 Å². The summed E-state index contributed by atoms with van der Waals surface area (Å²) in [5, 5.41) is 3.39. The number of rotatable bonds is 1. The number of aryl methyl sites for hydroxylation is 2. The van der Waals surface area contributed by atoms with E-state index in [1.54, 1.807) is 4.90 Å². The number of nitrogens with one attached hydrogen (secondary N) is 2. The van der Waals surface area contributed by atoms with Gasteiger partial charge in [-0.3, -0.25) is 4.90 Å². The Labute approximate surface area is 161 Å². The van der Waals surface area contributed by atoms with Gasteiger partial charge in [0, 0.05) is 31.7 Å². The normalized spacial score (nSPS) is 28.9. The van der Waals surface area contributed by atoms with Crippen LogP contribution < -0.4 is 15.1 Å². The molecule has 2 unspecified atom stereocenters. The molecule has 0 saturated carbocycles. The van der Waals surface area contributed by atoms with Gasteiger partial charge in [0.2, 0.25) is 0 Å². The minimum Gasteiger partial charge on any atom is -0.334 e. The first-order chi connectivity index (χ1) is 13.2. The first kappa shape index (κ1) is 16.8. The van der Waals surface area contributed by atoms with E-state index in [2.05, 4.69) is 48.8 Å². The SMILES string of the molecule is C[NH+]1C2CCC1CC(NC(=O)N1c3ccccc3CCc3ccccc31)C2. The average Bonchev–Trinajstić information content (AvgIpc) is 2.87. The molecule has 4 nitrogen and oxygen atoms in total. The van der Waals surface area contributed by atoms with Crippen molar-refractivity contribution in [2.45, 2.75) is 56.7 Å². The van der Waals surface area contributed by atoms with Gasteiger partial charge in [-0.15, -0.1) is 0 Å². The van der Waals surface area contributed by atoms with Gasteiger partial charge in [0.05, 0.1) is 30.5 Å². The maximum absolute atomic E-state index is 13.5. The van der Waals surface area contributed by atoms with Gasteiger partial charge in [0.15, 0.2) is 0 Å². The molecule has 0 spiro atoms. The Bertz CT molecular complexity index is 803. The molecular formula is C23H28N3O+. The molecule has 2 aromatic carbocycles. The van der Waals surface area contributed by atoms with Crippen LogP contribution >= 0.6 is 0 Å². The summed E-state index contributed by atoms with van der Waals surface area (Å²) in [6.45, 7) is 0. The Morgan fingerprint density at radius 1 is 0.926 bits per heavy atom. The van der Waals surface area contributed by atoms with E-state index in [1.165, 1.54) is 24.0 Å². The number of hydrogen-bond acceptors (Lipinski definition) is 1. The third-order valence-electron chi connectivity index (χ3n) is 6.95. The van der Waals surface area contributed by atoms with Crippen LogP contribution in [0.25, 0.3) is 0 Å². The Morgan fingerprint density at radius 3 is 2.00 bits per heavy atom. The molecule has 3 aliphatic rings. The van der Waals surface area contributed by atoms with Crippen molar-refractivity contribution in [3.63, 3.8) is 0 Å². The molecule has 0 radical (unpaired) electrons. The number of quaternary nitrogens is 1. The summed E-state index contributed by atoms with van der Waals surface area (Å²) in [6.07, 6.45) is 6.75. The van der Waals surface area contributed by atoms with Gasteiger partial charge >= 0.3 is 6.03 Å². The summed E-state index contributed by atoms with van der Waals surface area (Å²) in [5.41, 5.74) is 4.55. The van der Waals surface area contributed by atoms with Gasteiger partial charge < -0.3 is 10.2 Å². The van der Waals surface area contributed by atoms with Gasteiger partial charge in [-0.05, 0) is 36.1 Å². The molecule has 4 heteroatoms. The van der Waals surface area contributed by atoms with Gasteiger partial charge in [0.1, 0.15) is 0 Å². The molecule has 5 rings (SSSR count). The van der Waals surface area contributed by atoms with Crippen LogP contribution in [0.15, 0.2) is 48.5 Å². The van der Waals surface area contributed by atoms with Gasteiger partial charge in [-0.1, -0.05) is 36.4 Å². The lowest BCUT2D eigenvalue weighted by Gasteiger charge is -2.35. The van der Waals surface area contributed by atoms with Crippen LogP contribution in [0, 0.1) is 0 Å². The largest absolute Gasteiger partial charge is 0.334 e. The molecule has 2 bridgehead atoms. The second kappa shape index (κ2) is 6.68. The lowest BCUT2D eigenvalue weighted by Crippen LogP contribution is -3.15. The molecule has 2 saturated heterocycles. The van der Waals surface area contributed by atoms with E-state index in [9.17, 15) is 4.79 Å². The van der Waals surface area contributed by atoms with E-state index in [-0.39, 0.29) is 6.03 Å². The Hall–Kier alpha value is -2.33. The monoisotopic (exact) mass is 362 g/mol. The minimum atomic E-state index is 0.0285. The van der Waals surface area contributed by atoms with Crippen LogP contribution in [0.4, 0.5) is 16.2 Å². The number of carbonyl (C=O) groups excluding carboxylic acids is 1. The molecule has 0 aliphatic carbocycles. The second-order valence-electron chi connectivity index (χ2n) is 8.43. The predicted octanol–water partition coefficient (Wildman–Crippen LogP) is 2.84. The first-order valence-corrected chi connectivity index (χ1v) is 10.3. The maximum atomic E-state index is 13.5. The fraction of sp³-hybridized carbons (Fsp3) is 0.435. The number of benzene rings is 2. The van der Waals surface area contributed by atoms with Crippen LogP contribution in [-0.2, 0) is 12.8 Å². The Balaban J connectivity index is 1.46. The van der Waals surface area contributed by atoms with Crippen molar-refractivity contribution >= 4 is 17.4 Å². The van der Waals surface area contributed by atoms with Crippen LogP contribution in [0.1, 0.15) is 36.8 Å². The quantitative estimate of drug-likeness (QED) is 0.804. The fourth-order valence-electron chi connectivity index (χ4n) is 5.44. The topological polar surface area (TPSA) is 36.8 Å². The maximum Gasteiger partial charge on any atom is 0.326 e. The van der Waals surface area contributed by atoms with Crippen LogP contribution in [0.5, 0.6) is 0 Å². The number of nitrogens with zero attached hydrogens (tertiary/aromatic N) is 1. The Morgan fingerprint density at radius 2 is 1.44 bits per heavy atom. The molecule has 2 atom stereocenters. The van der Waals surface area contributed by atoms with Crippen molar-refractivity contribution in [1.82, 2.24) is 5.32 Å². The van der Waals surface area contributed by atoms with E-state index in [4.69, 9.17) is 0 Å². The van der Waals surface area contributed by atoms with Crippen LogP contribution in [-0.4, -0.2) is 31.2 Å². The number of hydrogen-bond donors (Lipinski definition) is 2. The number of para-hydroxylation sites is 2. The number of amides is 2. The number of fused-ring (bicyclic) bond motifs is 4. The molecule has 3 aliphatic heterocycles. The highest BCUT2D eigenvalue weighted by Crippen LogP contribution is 2.36. The van der Waals surface area contributed by atoms with E-state index < -0.39 is 0 Å². The zero-order valence-electron chi connectivity index (χ0n) is 15.9. The number of piperidine rings is 1. The molecule has 0 aromatic heterocycles. The van der Waals surface area contributed by atoms with E-state index in [1.807, 2.05) is 17.0 Å². The highest BCUT2D eigenvalue weighted by atomic mass is 16.2. The predicted molar refractivity (Wildman–Crippen MR) is 108 cm³/mol. The summed E-state index contributed by atoms with van der Waals surface area (Å²) in [6, 6.07) is 18.4. The molecule has 27 heavy (non-hydrogen) atoms. The lowest BCUT2D eigenvalue weighted by atomic mass is 9.98. The summed E-state index contributed by atoms with van der Waals surface area (Å²) < 4.78 is 0. The van der Waals surface area contributed by atoms with Gasteiger partial charge in [-0.25, -0.2) is 4.79 Å². The fourth-order valence-corrected chi connectivity index (χ4v) is 5.44. The van der Waals surface area contributed by atoms with Crippen molar-refractivity contribution in [1.29, 1.82) is 0 Å². The Kier molecular flexibility index (Phi) is 4.16. The summed E-state index contributed by atoms with van der Waals surface area (Å²) in [5.74, 6) is 0. The molecule has 2 N–H and O–H groups in total. The van der Waals surface area contributed by atoms with Crippen LogP contribution in [0.3, 0.4) is 0 Å². The third kappa shape index (κ3) is 2.92. The number of urea groups is 1. The van der Waals surface area contributed by atoms with E-state index in [0.29, 0.717) is 18.1 Å². The standard InChI is InChI=1S/C23H27N3O/c1-25-19-12-13-20(25)15-18(14-19)24-23(27)26-21-8-4-2-6-16(21)10-11-17-7-3-5-9-22(17)26/h2-9,18-20H,10-15H2,1H3,(H,24,27)/p+1. The summed E-state index contributed by atoms with van der Waals surface area (Å²) >= 11 is 0. The minimum absolute atomic E-state index is 0.0285. The van der Waals surface area contributed by atoms with E-state index >= 15 is 0 Å². The smallest absolute Gasteiger partial charge is 0.326 e. The molecule has 2 fully saturated rings. The molecule has 3 heterocycles. The number of carbonyl (C=O) groups is 1. The zero-order chi connectivity index (χ0) is 18.4. The summed E-state index contributed by atoms with van der Waals surface area (Å²) in [4.78, 5) is 17.1. The second-order valence-corrected chi connectivity index (χ2v) is 8.43. The molecule has 140 valence electrons. The molecule has 2 aromatic rings. The van der Waals surface area contributed by atoms with Crippen molar-refractivity contribution in [2.24, 2.45) is 0 Å². The first-order valence-electron chi connectivity index (χ1n) is 10.3. The highest BCUT2D eigenvalue weighted by Gasteiger charge is 2.43. The van der Waals surface area contributed by atoms with Gasteiger partial charge in [0.25, 0.3) is 0 Å². The average molecular weight is 362 g/mol.